The number of carbonyl (C=O) groups excluding carboxylic acids is 1. The van der Waals surface area contributed by atoms with Crippen molar-refractivity contribution in [3.05, 3.63) is 30.3 Å². The Morgan fingerprint density at radius 2 is 1.85 bits per heavy atom. The number of nitrogens with one attached hydrogen (secondary N) is 1. The van der Waals surface area contributed by atoms with Gasteiger partial charge in [0.15, 0.2) is 0 Å². The van der Waals surface area contributed by atoms with Crippen LogP contribution in [0.1, 0.15) is 6.92 Å². The number of rotatable bonds is 2. The molecule has 3 N–H and O–H groups in total. The van der Waals surface area contributed by atoms with Crippen molar-refractivity contribution in [2.24, 2.45) is 0 Å². The average molecular weight is 305 g/mol. The van der Waals surface area contributed by atoms with Gasteiger partial charge in [-0.1, -0.05) is 0 Å². The van der Waals surface area contributed by atoms with Gasteiger partial charge in [0.25, 0.3) is 10.1 Å². The van der Waals surface area contributed by atoms with Crippen LogP contribution < -0.4 is 5.32 Å². The number of amides is 1. The molecule has 0 aliphatic carbocycles. The number of hydrogen-bond acceptors (Lipinski definition) is 4. The number of phenols is 1. The Kier molecular flexibility index (Phi) is 5.17. The normalized spacial score (nSPS) is 10.9. The Bertz CT molecular complexity index is 773. The van der Waals surface area contributed by atoms with E-state index in [2.05, 4.69) is 5.32 Å². The average Bonchev–Trinajstić information content (AvgIpc) is 2.26. The second-order valence-electron chi connectivity index (χ2n) is 4.03. The minimum absolute atomic E-state index is 0. The van der Waals surface area contributed by atoms with Crippen LogP contribution in [0.15, 0.2) is 35.2 Å². The van der Waals surface area contributed by atoms with Crippen LogP contribution in [-0.2, 0) is 14.9 Å². The fraction of sp³-hybridized carbons (Fsp3) is 0.0833. The minimum atomic E-state index is -4.40. The van der Waals surface area contributed by atoms with Crippen LogP contribution in [0.4, 0.5) is 5.69 Å². The van der Waals surface area contributed by atoms with Gasteiger partial charge in [-0.25, -0.2) is 0 Å². The third-order valence-electron chi connectivity index (χ3n) is 2.52. The summed E-state index contributed by atoms with van der Waals surface area (Å²) in [5, 5.41) is 13.1. The fourth-order valence-corrected chi connectivity index (χ4v) is 2.29. The molecule has 0 spiro atoms. The van der Waals surface area contributed by atoms with E-state index in [1.54, 1.807) is 12.1 Å². The fourth-order valence-electron chi connectivity index (χ4n) is 1.75. The summed E-state index contributed by atoms with van der Waals surface area (Å²) in [6.07, 6.45) is 0. The van der Waals surface area contributed by atoms with Gasteiger partial charge in [-0.3, -0.25) is 9.35 Å². The van der Waals surface area contributed by atoms with E-state index >= 15 is 0 Å². The van der Waals surface area contributed by atoms with Crippen LogP contribution in [0.5, 0.6) is 5.75 Å². The molecule has 0 atom stereocenters. The molecule has 2 aromatic carbocycles. The van der Waals surface area contributed by atoms with E-state index in [9.17, 15) is 18.3 Å². The molecule has 0 aliphatic heterocycles. The Morgan fingerprint density at radius 3 is 2.40 bits per heavy atom. The maximum atomic E-state index is 11.1. The predicted molar refractivity (Wildman–Crippen MR) is 76.9 cm³/mol. The third kappa shape index (κ3) is 3.71. The topological polar surface area (TPSA) is 104 Å². The number of hydrogen-bond donors (Lipinski definition) is 3. The van der Waals surface area contributed by atoms with Crippen molar-refractivity contribution in [2.75, 3.05) is 5.32 Å². The zero-order valence-corrected chi connectivity index (χ0v) is 10.7. The second kappa shape index (κ2) is 6.11. The molecular weight excluding hydrogens is 293 g/mol. The molecule has 6 nitrogen and oxygen atoms in total. The molecule has 2 rings (SSSR count). The monoisotopic (exact) mass is 305 g/mol. The zero-order chi connectivity index (χ0) is 14.2. The van der Waals surface area contributed by atoms with Crippen LogP contribution in [-0.4, -0.2) is 53.5 Å². The third-order valence-corrected chi connectivity index (χ3v) is 3.35. The van der Waals surface area contributed by atoms with E-state index in [0.29, 0.717) is 16.5 Å². The van der Waals surface area contributed by atoms with Gasteiger partial charge in [0.1, 0.15) is 5.75 Å². The summed E-state index contributed by atoms with van der Waals surface area (Å²) >= 11 is 0. The van der Waals surface area contributed by atoms with E-state index in [4.69, 9.17) is 4.55 Å². The molecule has 0 aliphatic rings. The molecule has 0 heterocycles. The Morgan fingerprint density at radius 1 is 1.20 bits per heavy atom. The van der Waals surface area contributed by atoms with Gasteiger partial charge < -0.3 is 10.4 Å². The molecule has 102 valence electrons. The molecule has 0 unspecified atom stereocenters. The number of anilines is 1. The first-order chi connectivity index (χ1) is 8.77. The number of benzene rings is 2. The van der Waals surface area contributed by atoms with E-state index in [1.807, 2.05) is 0 Å². The summed E-state index contributed by atoms with van der Waals surface area (Å²) in [6, 6.07) is 6.82. The SMILES string of the molecule is CC(=O)Nc1ccc2c(O)cc(S(=O)(=O)O)cc2c1.[NaH]. The van der Waals surface area contributed by atoms with E-state index in [-0.39, 0.29) is 41.2 Å². The van der Waals surface area contributed by atoms with Crippen molar-refractivity contribution < 1.29 is 22.9 Å². The number of phenolic OH excluding ortho intramolecular Hbond substituents is 1. The van der Waals surface area contributed by atoms with E-state index in [1.165, 1.54) is 19.1 Å². The second-order valence-corrected chi connectivity index (χ2v) is 5.46. The van der Waals surface area contributed by atoms with Crippen molar-refractivity contribution in [3.63, 3.8) is 0 Å². The van der Waals surface area contributed by atoms with Crippen molar-refractivity contribution >= 4 is 62.0 Å². The van der Waals surface area contributed by atoms with E-state index in [0.717, 1.165) is 6.07 Å². The van der Waals surface area contributed by atoms with Gasteiger partial charge in [-0.05, 0) is 29.7 Å². The number of carbonyl (C=O) groups is 1. The molecule has 0 saturated carbocycles. The molecule has 0 fully saturated rings. The maximum absolute atomic E-state index is 11.1. The van der Waals surface area contributed by atoms with Gasteiger partial charge in [-0.15, -0.1) is 0 Å². The predicted octanol–water partition coefficient (Wildman–Crippen LogP) is 1.10. The molecule has 0 radical (unpaired) electrons. The molecule has 0 aromatic heterocycles. The van der Waals surface area contributed by atoms with Crippen LogP contribution in [0.2, 0.25) is 0 Å². The van der Waals surface area contributed by atoms with Crippen molar-refractivity contribution in [2.45, 2.75) is 11.8 Å². The van der Waals surface area contributed by atoms with Gasteiger partial charge in [-0.2, -0.15) is 8.42 Å². The summed E-state index contributed by atoms with van der Waals surface area (Å²) < 4.78 is 31.1. The van der Waals surface area contributed by atoms with Gasteiger partial charge in [0.2, 0.25) is 5.91 Å². The van der Waals surface area contributed by atoms with Crippen molar-refractivity contribution in [1.29, 1.82) is 0 Å². The first-order valence-electron chi connectivity index (χ1n) is 5.29. The van der Waals surface area contributed by atoms with Crippen LogP contribution >= 0.6 is 0 Å². The van der Waals surface area contributed by atoms with Crippen molar-refractivity contribution in [1.82, 2.24) is 0 Å². The van der Waals surface area contributed by atoms with Gasteiger partial charge in [0, 0.05) is 24.1 Å². The summed E-state index contributed by atoms with van der Waals surface area (Å²) in [5.41, 5.74) is 0.465. The van der Waals surface area contributed by atoms with Gasteiger partial charge >= 0.3 is 29.6 Å². The summed E-state index contributed by atoms with van der Waals surface area (Å²) in [7, 11) is -4.40. The Hall–Kier alpha value is -1.12. The van der Waals surface area contributed by atoms with Crippen molar-refractivity contribution in [3.8, 4) is 5.75 Å². The molecule has 0 bridgehead atoms. The first-order valence-corrected chi connectivity index (χ1v) is 6.73. The molecule has 1 amide bonds. The molecule has 0 saturated heterocycles. The van der Waals surface area contributed by atoms with Crippen LogP contribution in [0, 0.1) is 0 Å². The summed E-state index contributed by atoms with van der Waals surface area (Å²) in [5.74, 6) is -0.533. The standard InChI is InChI=1S/C12H11NO5S.Na.H/c1-7(14)13-9-2-3-11-8(4-9)5-10(6-12(11)15)19(16,17)18;;/h2-6,15H,1H3,(H,13,14)(H,16,17,18);;. The molecule has 2 aromatic rings. The zero-order valence-electron chi connectivity index (χ0n) is 9.91. The summed E-state index contributed by atoms with van der Waals surface area (Å²) in [6.45, 7) is 1.34. The quantitative estimate of drug-likeness (QED) is 0.569. The molecular formula is C12H12NNaO5S. The summed E-state index contributed by atoms with van der Waals surface area (Å²) in [4.78, 5) is 10.5. The van der Waals surface area contributed by atoms with Gasteiger partial charge in [0.05, 0.1) is 4.90 Å². The molecule has 20 heavy (non-hydrogen) atoms. The number of aromatic hydroxyl groups is 1. The van der Waals surface area contributed by atoms with E-state index < -0.39 is 15.0 Å². The first kappa shape index (κ1) is 16.9. The number of fused-ring (bicyclic) bond motifs is 1. The Balaban J connectivity index is 0.00000200. The molecule has 8 heteroatoms. The Labute approximate surface area is 137 Å². The van der Waals surface area contributed by atoms with Crippen LogP contribution in [0.25, 0.3) is 10.8 Å². The van der Waals surface area contributed by atoms with Crippen LogP contribution in [0.3, 0.4) is 0 Å².